The molecule has 132 heavy (non-hydrogen) atoms. The summed E-state index contributed by atoms with van der Waals surface area (Å²) in [5.41, 5.74) is 1.29. The maximum atomic E-state index is 14.0. The fraction of sp³-hybridized carbons (Fsp3) is 0.490. The molecule has 0 saturated heterocycles. The number of anilines is 1. The summed E-state index contributed by atoms with van der Waals surface area (Å²) in [6.07, 6.45) is 22.1. The van der Waals surface area contributed by atoms with Crippen molar-refractivity contribution in [2.24, 2.45) is 53.3 Å². The normalized spacial score (nSPS) is 20.0. The van der Waals surface area contributed by atoms with Crippen molar-refractivity contribution in [2.45, 2.75) is 229 Å². The molecule has 6 aromatic heterocycles. The lowest BCUT2D eigenvalue weighted by molar-refractivity contribution is -0.113. The van der Waals surface area contributed by atoms with Crippen LogP contribution in [0.25, 0.3) is 54.3 Å². The molecule has 3 saturated carbocycles. The minimum absolute atomic E-state index is 0. The molecule has 3 aliphatic rings. The van der Waals surface area contributed by atoms with Gasteiger partial charge < -0.3 is 43.0 Å². The Morgan fingerprint density at radius 2 is 0.894 bits per heavy atom. The Hall–Kier alpha value is -12.5. The molecule has 9 aromatic rings. The number of amides is 2. The zero-order valence-electron chi connectivity index (χ0n) is 78.2. The van der Waals surface area contributed by atoms with Crippen molar-refractivity contribution >= 4 is 104 Å². The van der Waals surface area contributed by atoms with Gasteiger partial charge in [-0.1, -0.05) is 231 Å². The second-order valence-electron chi connectivity index (χ2n) is 35.9. The van der Waals surface area contributed by atoms with Crippen LogP contribution in [-0.2, 0) is 34.4 Å². The first-order valence-electron chi connectivity index (χ1n) is 45.9. The zero-order chi connectivity index (χ0) is 96.0. The van der Waals surface area contributed by atoms with Gasteiger partial charge in [0.05, 0.1) is 41.5 Å². The largest absolute Gasteiger partial charge is 0.459 e. The van der Waals surface area contributed by atoms with E-state index < -0.39 is 51.5 Å². The molecule has 3 fully saturated rings. The van der Waals surface area contributed by atoms with Gasteiger partial charge in [-0.3, -0.25) is 20.0 Å². The number of nitrogens with zero attached hydrogens (tertiary/aromatic N) is 11. The van der Waals surface area contributed by atoms with Gasteiger partial charge in [-0.25, -0.2) is 80.2 Å². The second-order valence-corrected chi connectivity index (χ2v) is 38.2. The number of sulfonamides is 1. The van der Waals surface area contributed by atoms with E-state index in [1.54, 1.807) is 54.6 Å². The molecule has 3 aliphatic carbocycles. The lowest BCUT2D eigenvalue weighted by atomic mass is 9.75. The van der Waals surface area contributed by atoms with Crippen molar-refractivity contribution in [3.8, 4) is 40.4 Å². The SMILES string of the molecule is [C-]#[N+]c1c(C(=O)OC2C(C)CC(C)CC2C)c2nc(-c3ccc(C)cc3)[nH]n2c1OC(=O)N(CC=C)CC=C.[C-]#[N+]c1c(C(=O)OC2C(C)CC(C)CC2C)c2nc(-c3cccc(NS(=O)(=O)CCCCCCCCCCCC)c3)[nH]n2c1OC(=O)N(CC=C)CC=C.[C-]#[N+]c1c(C(=O)OC2C(C)CC(C)CC2C)c2nc(C(C=O)(CC)CC)[nH]n2c1OC(=O)c1ccccc1Cl.[HH].[HH].[HH]. The molecule has 2 amide bonds. The van der Waals surface area contributed by atoms with Crippen LogP contribution >= 0.6 is 11.6 Å². The number of aryl methyl sites for hydroxylation is 1. The van der Waals surface area contributed by atoms with E-state index in [1.807, 2.05) is 45.0 Å². The molecule has 6 atom stereocenters. The third-order valence-electron chi connectivity index (χ3n) is 25.3. The average Bonchev–Trinajstić information content (AvgIpc) is 1.58. The van der Waals surface area contributed by atoms with Gasteiger partial charge in [0.2, 0.25) is 27.7 Å². The van der Waals surface area contributed by atoms with E-state index in [9.17, 15) is 42.0 Å². The fourth-order valence-electron chi connectivity index (χ4n) is 18.8. The van der Waals surface area contributed by atoms with Crippen molar-refractivity contribution in [1.82, 2.24) is 53.6 Å². The summed E-state index contributed by atoms with van der Waals surface area (Å²) < 4.78 is 68.0. The summed E-state index contributed by atoms with van der Waals surface area (Å²) in [4.78, 5) is 120. The fourth-order valence-corrected chi connectivity index (χ4v) is 20.2. The van der Waals surface area contributed by atoms with Gasteiger partial charge in [0, 0.05) is 47.3 Å². The monoisotopic (exact) mass is 1850 g/mol. The highest BCUT2D eigenvalue weighted by molar-refractivity contribution is 7.92. The number of benzene rings is 3. The second kappa shape index (κ2) is 46.5. The summed E-state index contributed by atoms with van der Waals surface area (Å²) in [5.74, 6) is -0.0595. The number of aldehydes is 1. The molecule has 0 spiro atoms. The molecule has 30 nitrogen and oxygen atoms in total. The number of aromatic nitrogens is 9. The number of hydrogen-bond donors (Lipinski definition) is 4. The lowest BCUT2D eigenvalue weighted by Crippen LogP contribution is -2.37. The van der Waals surface area contributed by atoms with Gasteiger partial charge in [-0.2, -0.15) is 0 Å². The van der Waals surface area contributed by atoms with Gasteiger partial charge in [0.15, 0.2) is 28.6 Å². The van der Waals surface area contributed by atoms with Crippen molar-refractivity contribution in [1.29, 1.82) is 0 Å². The molecule has 710 valence electrons. The number of carbonyl (C=O) groups excluding carboxylic acids is 7. The number of aromatic amines is 3. The summed E-state index contributed by atoms with van der Waals surface area (Å²) in [6.45, 7) is 66.2. The summed E-state index contributed by atoms with van der Waals surface area (Å²) in [5, 5.41) is 9.37. The van der Waals surface area contributed by atoms with Crippen LogP contribution in [0.3, 0.4) is 0 Å². The number of carbonyl (C=O) groups is 7. The Morgan fingerprint density at radius 1 is 0.515 bits per heavy atom. The van der Waals surface area contributed by atoms with E-state index in [4.69, 9.17) is 64.7 Å². The minimum Gasteiger partial charge on any atom is -0.459 e. The van der Waals surface area contributed by atoms with E-state index in [1.165, 1.54) is 80.1 Å². The van der Waals surface area contributed by atoms with E-state index in [0.29, 0.717) is 59.9 Å². The number of esters is 4. The Balaban J connectivity index is 0.000000278. The number of ether oxygens (including phenoxy) is 6. The lowest BCUT2D eigenvalue weighted by Gasteiger charge is -2.37. The third kappa shape index (κ3) is 24.0. The first-order valence-corrected chi connectivity index (χ1v) is 47.9. The van der Waals surface area contributed by atoms with E-state index >= 15 is 0 Å². The zero-order valence-corrected chi connectivity index (χ0v) is 79.7. The van der Waals surface area contributed by atoms with Gasteiger partial charge in [-0.05, 0) is 142 Å². The summed E-state index contributed by atoms with van der Waals surface area (Å²) >= 11 is 6.20. The van der Waals surface area contributed by atoms with Crippen LogP contribution < -0.4 is 18.9 Å². The highest BCUT2D eigenvalue weighted by Crippen LogP contribution is 2.47. The molecule has 12 rings (SSSR count). The molecule has 6 heterocycles. The first kappa shape index (κ1) is 102. The molecule has 0 radical (unpaired) electrons. The van der Waals surface area contributed by atoms with Crippen molar-refractivity contribution < 1.29 is 74.7 Å². The minimum atomic E-state index is -3.60. The highest BCUT2D eigenvalue weighted by atomic mass is 35.5. The quantitative estimate of drug-likeness (QED) is 0.00702. The van der Waals surface area contributed by atoms with Gasteiger partial charge in [0.25, 0.3) is 17.1 Å². The van der Waals surface area contributed by atoms with Crippen molar-refractivity contribution in [2.75, 3.05) is 36.7 Å². The maximum absolute atomic E-state index is 14.0. The van der Waals surface area contributed by atoms with Crippen LogP contribution in [0.4, 0.5) is 32.3 Å². The van der Waals surface area contributed by atoms with Crippen molar-refractivity contribution in [3.63, 3.8) is 0 Å². The average molecular weight is 1850 g/mol. The van der Waals surface area contributed by atoms with Crippen LogP contribution in [0.1, 0.15) is 256 Å². The van der Waals surface area contributed by atoms with Crippen LogP contribution in [0.5, 0.6) is 17.6 Å². The first-order chi connectivity index (χ1) is 63.2. The number of hydrogen-bond acceptors (Lipinski definition) is 18. The van der Waals surface area contributed by atoms with Gasteiger partial charge in [-0.15, -0.1) is 26.3 Å². The number of unbranched alkanes of at least 4 members (excludes halogenated alkanes) is 9. The topological polar surface area (TPSA) is 340 Å². The number of nitrogens with one attached hydrogen (secondary N) is 4. The molecular weight excluding hydrogens is 1720 g/mol. The number of halogens is 1. The Bertz CT molecular complexity index is 5850. The smallest absolute Gasteiger partial charge is 0.416 e. The van der Waals surface area contributed by atoms with Crippen LogP contribution in [0, 0.1) is 79.9 Å². The Morgan fingerprint density at radius 3 is 1.28 bits per heavy atom. The van der Waals surface area contributed by atoms with E-state index in [2.05, 4.69) is 140 Å². The van der Waals surface area contributed by atoms with Crippen molar-refractivity contribution in [3.05, 3.63) is 196 Å². The van der Waals surface area contributed by atoms with Gasteiger partial charge >= 0.3 is 36.1 Å². The predicted molar refractivity (Wildman–Crippen MR) is 517 cm³/mol. The molecule has 0 aliphatic heterocycles. The van der Waals surface area contributed by atoms with Crippen LogP contribution in [-0.4, -0.2) is 155 Å². The molecular formula is C100H132ClN15O15S. The third-order valence-corrected chi connectivity index (χ3v) is 27.0. The Kier molecular flexibility index (Phi) is 35.8. The molecule has 0 bridgehead atoms. The molecule has 6 unspecified atom stereocenters. The number of fused-ring (bicyclic) bond motifs is 3. The Labute approximate surface area is 783 Å². The number of H-pyrrole nitrogens is 3. The van der Waals surface area contributed by atoms with E-state index in [-0.39, 0.29) is 175 Å². The number of rotatable bonds is 37. The molecule has 3 aromatic carbocycles. The van der Waals surface area contributed by atoms with E-state index in [0.717, 1.165) is 75.2 Å². The predicted octanol–water partition coefficient (Wildman–Crippen LogP) is 23.8. The molecule has 4 N–H and O–H groups in total. The molecule has 32 heteroatoms. The maximum Gasteiger partial charge on any atom is 0.416 e. The highest BCUT2D eigenvalue weighted by Gasteiger charge is 2.43. The van der Waals surface area contributed by atoms with Gasteiger partial charge in [0.1, 0.15) is 47.1 Å². The summed E-state index contributed by atoms with van der Waals surface area (Å²) in [6, 6.07) is 20.8. The summed E-state index contributed by atoms with van der Waals surface area (Å²) in [7, 11) is -3.60. The van der Waals surface area contributed by atoms with Crippen LogP contribution in [0.15, 0.2) is 123 Å². The standard InChI is InChI=1S/C41H58N6O6S.C30H35N5O4.C29H33ClN4O5.3H2/c1-8-11-12-13-14-15-16-17-18-19-25-54(50,51)45-33-22-20-21-32(28-33)37-43-38-34(40(48)52-36-30(5)26-29(4)27-31(36)6)35(42-7)39(47(38)44-37)53-41(49)46(23-9-2)24-10-3;1-8-14-34(15-9-2)30(37)39-28-24(31-7)23(29(36)38-25-20(5)16-19(4)17-21(25)6)27-32-26(33-35(27)28)22-12-10-18(3)11-13-22;1-7-29(8-2,15-35)28-32-24-21(27(37)38-23-17(4)13-16(3)14-18(23)5)22(31-6)25(34(24)33-28)39-26(36)19-11-9-10-12-20(19)30;;;/h9-10,20-22,28-31,36,45H,2-3,8,11-19,23-27H2,1,4-6H3,(H,43,44);8-13,19-21,25H,1-2,14-17H2,3-6H3,(H,32,33);9-12,15-18,23H,7-8,13-14H2,1-5H3,(H,32,33);3*1H. The van der Waals surface area contributed by atoms with Crippen LogP contribution in [0.2, 0.25) is 5.02 Å².